The van der Waals surface area contributed by atoms with Crippen LogP contribution in [-0.2, 0) is 0 Å². The summed E-state index contributed by atoms with van der Waals surface area (Å²) in [5.74, 6) is 0.958. The highest BCUT2D eigenvalue weighted by atomic mass is 35.5. The van der Waals surface area contributed by atoms with Crippen LogP contribution in [0.15, 0.2) is 36.4 Å². The summed E-state index contributed by atoms with van der Waals surface area (Å²) in [6, 6.07) is 10.3. The van der Waals surface area contributed by atoms with Crippen molar-refractivity contribution in [3.05, 3.63) is 57.1 Å². The Morgan fingerprint density at radius 1 is 1.22 bits per heavy atom. The molecule has 0 aliphatic carbocycles. The molecule has 1 aliphatic heterocycles. The molecule has 0 atom stereocenters. The van der Waals surface area contributed by atoms with E-state index >= 15 is 0 Å². The Hall–Kier alpha value is -2.27. The molecule has 2 aromatic rings. The third kappa shape index (κ3) is 3.40. The molecular formula is C17H17ClN2O3. The molecule has 120 valence electrons. The smallest absolute Gasteiger partial charge is 0.275 e. The van der Waals surface area contributed by atoms with Gasteiger partial charge in [-0.05, 0) is 31.4 Å². The minimum absolute atomic E-state index is 0.0223. The van der Waals surface area contributed by atoms with E-state index < -0.39 is 4.92 Å². The first kappa shape index (κ1) is 15.6. The fourth-order valence-electron chi connectivity index (χ4n) is 2.75. The number of non-ortho nitro benzene ring substituents is 1. The van der Waals surface area contributed by atoms with Crippen LogP contribution in [0, 0.1) is 17.0 Å². The van der Waals surface area contributed by atoms with Gasteiger partial charge in [0.05, 0.1) is 16.0 Å². The maximum absolute atomic E-state index is 11.2. The largest absolute Gasteiger partial charge is 0.455 e. The second kappa shape index (κ2) is 6.46. The van der Waals surface area contributed by atoms with Gasteiger partial charge in [-0.25, -0.2) is 0 Å². The molecule has 0 radical (unpaired) electrons. The highest BCUT2D eigenvalue weighted by Crippen LogP contribution is 2.36. The van der Waals surface area contributed by atoms with Gasteiger partial charge >= 0.3 is 0 Å². The van der Waals surface area contributed by atoms with E-state index in [9.17, 15) is 10.1 Å². The molecule has 23 heavy (non-hydrogen) atoms. The first-order valence-electron chi connectivity index (χ1n) is 7.52. The fraction of sp³-hybridized carbons (Fsp3) is 0.294. The van der Waals surface area contributed by atoms with Crippen molar-refractivity contribution in [2.45, 2.75) is 19.8 Å². The van der Waals surface area contributed by atoms with Crippen molar-refractivity contribution in [1.82, 2.24) is 0 Å². The van der Waals surface area contributed by atoms with E-state index in [0.29, 0.717) is 16.5 Å². The predicted molar refractivity (Wildman–Crippen MR) is 90.8 cm³/mol. The molecule has 1 fully saturated rings. The summed E-state index contributed by atoms with van der Waals surface area (Å²) in [6.45, 7) is 3.71. The monoisotopic (exact) mass is 332 g/mol. The van der Waals surface area contributed by atoms with Crippen molar-refractivity contribution in [2.75, 3.05) is 18.0 Å². The first-order chi connectivity index (χ1) is 11.0. The summed E-state index contributed by atoms with van der Waals surface area (Å²) in [4.78, 5) is 13.0. The van der Waals surface area contributed by atoms with Crippen molar-refractivity contribution in [3.63, 3.8) is 0 Å². The lowest BCUT2D eigenvalue weighted by Crippen LogP contribution is -2.17. The minimum atomic E-state index is -0.397. The van der Waals surface area contributed by atoms with Crippen molar-refractivity contribution < 1.29 is 9.66 Å². The minimum Gasteiger partial charge on any atom is -0.455 e. The zero-order valence-corrected chi connectivity index (χ0v) is 13.5. The van der Waals surface area contributed by atoms with Crippen LogP contribution in [0.5, 0.6) is 11.5 Å². The highest BCUT2D eigenvalue weighted by molar-refractivity contribution is 6.32. The normalized spacial score (nSPS) is 14.1. The molecule has 0 N–H and O–H groups in total. The van der Waals surface area contributed by atoms with E-state index in [1.807, 2.05) is 25.1 Å². The number of nitrogens with zero attached hydrogens (tertiary/aromatic N) is 2. The van der Waals surface area contributed by atoms with Gasteiger partial charge in [-0.1, -0.05) is 23.7 Å². The lowest BCUT2D eigenvalue weighted by molar-refractivity contribution is -0.384. The molecule has 0 saturated carbocycles. The van der Waals surface area contributed by atoms with Gasteiger partial charge in [-0.15, -0.1) is 0 Å². The quantitative estimate of drug-likeness (QED) is 0.587. The van der Waals surface area contributed by atoms with Gasteiger partial charge in [-0.3, -0.25) is 10.1 Å². The Morgan fingerprint density at radius 2 is 1.96 bits per heavy atom. The molecule has 3 rings (SSSR count). The van der Waals surface area contributed by atoms with Gasteiger partial charge in [0.15, 0.2) is 0 Å². The molecule has 1 saturated heterocycles. The van der Waals surface area contributed by atoms with Crippen LogP contribution in [0.25, 0.3) is 0 Å². The number of halogens is 1. The van der Waals surface area contributed by atoms with Gasteiger partial charge in [0.2, 0.25) is 0 Å². The van der Waals surface area contributed by atoms with Crippen molar-refractivity contribution in [2.24, 2.45) is 0 Å². The summed E-state index contributed by atoms with van der Waals surface area (Å²) in [5.41, 5.74) is 1.72. The third-order valence-corrected chi connectivity index (χ3v) is 4.24. The van der Waals surface area contributed by atoms with E-state index in [1.165, 1.54) is 6.07 Å². The van der Waals surface area contributed by atoms with Crippen LogP contribution in [0.1, 0.15) is 18.4 Å². The van der Waals surface area contributed by atoms with E-state index in [-0.39, 0.29) is 5.69 Å². The van der Waals surface area contributed by atoms with E-state index in [1.54, 1.807) is 12.1 Å². The van der Waals surface area contributed by atoms with E-state index in [4.69, 9.17) is 16.3 Å². The second-order valence-corrected chi connectivity index (χ2v) is 6.03. The Morgan fingerprint density at radius 3 is 2.61 bits per heavy atom. The molecule has 0 amide bonds. The van der Waals surface area contributed by atoms with Crippen molar-refractivity contribution in [1.29, 1.82) is 0 Å². The zero-order chi connectivity index (χ0) is 16.4. The second-order valence-electron chi connectivity index (χ2n) is 5.62. The Kier molecular flexibility index (Phi) is 4.39. The van der Waals surface area contributed by atoms with Crippen LogP contribution in [0.2, 0.25) is 5.02 Å². The van der Waals surface area contributed by atoms with Gasteiger partial charge in [0.1, 0.15) is 11.5 Å². The summed E-state index contributed by atoms with van der Waals surface area (Å²) >= 11 is 6.18. The van der Waals surface area contributed by atoms with Gasteiger partial charge in [0.25, 0.3) is 5.69 Å². The molecule has 0 aromatic heterocycles. The lowest BCUT2D eigenvalue weighted by Gasteiger charge is -2.19. The van der Waals surface area contributed by atoms with Gasteiger partial charge in [-0.2, -0.15) is 0 Å². The van der Waals surface area contributed by atoms with E-state index in [2.05, 4.69) is 4.90 Å². The number of benzene rings is 2. The Balaban J connectivity index is 1.99. The van der Waals surface area contributed by atoms with Gasteiger partial charge in [0, 0.05) is 30.9 Å². The number of ether oxygens (including phenoxy) is 1. The average molecular weight is 333 g/mol. The molecule has 2 aromatic carbocycles. The molecule has 0 spiro atoms. The average Bonchev–Trinajstić information content (AvgIpc) is 3.05. The van der Waals surface area contributed by atoms with E-state index in [0.717, 1.165) is 37.2 Å². The molecule has 0 unspecified atom stereocenters. The molecule has 5 nitrogen and oxygen atoms in total. The summed E-state index contributed by atoms with van der Waals surface area (Å²) in [7, 11) is 0. The Bertz CT molecular complexity index is 722. The van der Waals surface area contributed by atoms with Crippen LogP contribution < -0.4 is 9.64 Å². The summed E-state index contributed by atoms with van der Waals surface area (Å²) in [5, 5.41) is 11.7. The number of para-hydroxylation sites is 1. The van der Waals surface area contributed by atoms with Crippen LogP contribution in [-0.4, -0.2) is 18.0 Å². The maximum Gasteiger partial charge on any atom is 0.275 e. The topological polar surface area (TPSA) is 55.6 Å². The number of nitro benzene ring substituents is 1. The van der Waals surface area contributed by atoms with Gasteiger partial charge < -0.3 is 9.64 Å². The zero-order valence-electron chi connectivity index (χ0n) is 12.8. The number of hydrogen-bond donors (Lipinski definition) is 0. The predicted octanol–water partition coefficient (Wildman–Crippen LogP) is 4.95. The molecule has 6 heteroatoms. The summed E-state index contributed by atoms with van der Waals surface area (Å²) < 4.78 is 5.87. The van der Waals surface area contributed by atoms with Crippen molar-refractivity contribution >= 4 is 23.0 Å². The fourth-order valence-corrected chi connectivity index (χ4v) is 3.01. The molecule has 1 aliphatic rings. The highest BCUT2D eigenvalue weighted by Gasteiger charge is 2.18. The lowest BCUT2D eigenvalue weighted by atomic mass is 10.2. The SMILES string of the molecule is Cc1cccc(Cl)c1Oc1cc(N2CCCC2)cc([N+](=O)[O-])c1. The number of rotatable bonds is 4. The maximum atomic E-state index is 11.2. The summed E-state index contributed by atoms with van der Waals surface area (Å²) in [6.07, 6.45) is 2.20. The number of aryl methyl sites for hydroxylation is 1. The standard InChI is InChI=1S/C17H17ClN2O3/c1-12-5-4-6-16(18)17(12)23-15-10-13(19-7-2-3-8-19)9-14(11-15)20(21)22/h4-6,9-11H,2-3,7-8H2,1H3. The number of nitro groups is 1. The number of anilines is 1. The Labute approximate surface area is 139 Å². The first-order valence-corrected chi connectivity index (χ1v) is 7.90. The van der Waals surface area contributed by atoms with Crippen LogP contribution >= 0.6 is 11.6 Å². The van der Waals surface area contributed by atoms with Crippen LogP contribution in [0.3, 0.4) is 0 Å². The third-order valence-electron chi connectivity index (χ3n) is 3.94. The van der Waals surface area contributed by atoms with Crippen LogP contribution in [0.4, 0.5) is 11.4 Å². The number of hydrogen-bond acceptors (Lipinski definition) is 4. The molecule has 1 heterocycles. The van der Waals surface area contributed by atoms with Crippen molar-refractivity contribution in [3.8, 4) is 11.5 Å². The molecular weight excluding hydrogens is 316 g/mol. The molecule has 0 bridgehead atoms.